The van der Waals surface area contributed by atoms with E-state index in [1.807, 2.05) is 0 Å². The van der Waals surface area contributed by atoms with E-state index < -0.39 is 0 Å². The molecule has 1 aromatic carbocycles. The molecule has 3 atom stereocenters. The van der Waals surface area contributed by atoms with Gasteiger partial charge in [-0.15, -0.1) is 0 Å². The predicted octanol–water partition coefficient (Wildman–Crippen LogP) is 3.46. The van der Waals surface area contributed by atoms with Crippen LogP contribution < -0.4 is 5.32 Å². The fraction of sp³-hybridized carbons (Fsp3) is 0.667. The maximum Gasteiger partial charge on any atom is 0.0472 e. The van der Waals surface area contributed by atoms with Crippen molar-refractivity contribution in [3.05, 3.63) is 35.9 Å². The second-order valence-corrected chi connectivity index (χ2v) is 6.85. The monoisotopic (exact) mass is 272 g/mol. The van der Waals surface area contributed by atoms with Gasteiger partial charge in [0.15, 0.2) is 0 Å². The third-order valence-corrected chi connectivity index (χ3v) is 5.17. The van der Waals surface area contributed by atoms with Gasteiger partial charge in [0.25, 0.3) is 0 Å². The van der Waals surface area contributed by atoms with Gasteiger partial charge in [-0.25, -0.2) is 0 Å². The molecule has 0 spiro atoms. The van der Waals surface area contributed by atoms with E-state index in [2.05, 4.69) is 54.4 Å². The fourth-order valence-electron chi connectivity index (χ4n) is 3.28. The Morgan fingerprint density at radius 1 is 1.10 bits per heavy atom. The van der Waals surface area contributed by atoms with E-state index in [1.165, 1.54) is 37.9 Å². The molecule has 0 radical (unpaired) electrons. The summed E-state index contributed by atoms with van der Waals surface area (Å²) in [4.78, 5) is 2.70. The van der Waals surface area contributed by atoms with E-state index in [-0.39, 0.29) is 0 Å². The Morgan fingerprint density at radius 2 is 1.85 bits per heavy atom. The molecular formula is C18H28N2. The van der Waals surface area contributed by atoms with Crippen LogP contribution in [-0.4, -0.2) is 30.6 Å². The van der Waals surface area contributed by atoms with Crippen molar-refractivity contribution in [1.29, 1.82) is 0 Å². The second-order valence-electron chi connectivity index (χ2n) is 6.85. The molecule has 3 unspecified atom stereocenters. The highest BCUT2D eigenvalue weighted by atomic mass is 15.2. The second kappa shape index (κ2) is 6.28. The molecule has 1 aliphatic carbocycles. The molecule has 110 valence electrons. The van der Waals surface area contributed by atoms with Crippen LogP contribution in [0.25, 0.3) is 0 Å². The van der Waals surface area contributed by atoms with Crippen molar-refractivity contribution in [3.8, 4) is 0 Å². The molecular weight excluding hydrogens is 244 g/mol. The number of nitrogens with one attached hydrogen (secondary N) is 1. The van der Waals surface area contributed by atoms with Crippen molar-refractivity contribution in [2.24, 2.45) is 11.8 Å². The van der Waals surface area contributed by atoms with Gasteiger partial charge in [0, 0.05) is 25.2 Å². The van der Waals surface area contributed by atoms with Gasteiger partial charge in [-0.3, -0.25) is 4.90 Å². The summed E-state index contributed by atoms with van der Waals surface area (Å²) in [5.41, 5.74) is 1.47. The zero-order valence-electron chi connectivity index (χ0n) is 12.9. The number of piperidine rings is 1. The van der Waals surface area contributed by atoms with Crippen LogP contribution >= 0.6 is 0 Å². The van der Waals surface area contributed by atoms with Crippen molar-refractivity contribution in [2.45, 2.75) is 45.2 Å². The minimum atomic E-state index is 0.548. The van der Waals surface area contributed by atoms with Crippen molar-refractivity contribution < 1.29 is 0 Å². The summed E-state index contributed by atoms with van der Waals surface area (Å²) >= 11 is 0. The molecule has 1 N–H and O–H groups in total. The van der Waals surface area contributed by atoms with Crippen molar-refractivity contribution in [1.82, 2.24) is 10.2 Å². The summed E-state index contributed by atoms with van der Waals surface area (Å²) < 4.78 is 0. The maximum atomic E-state index is 3.74. The first kappa shape index (κ1) is 14.1. The molecule has 1 heterocycles. The van der Waals surface area contributed by atoms with Gasteiger partial charge in [-0.05, 0) is 43.2 Å². The third-order valence-electron chi connectivity index (χ3n) is 5.17. The molecule has 2 nitrogen and oxygen atoms in total. The number of benzene rings is 1. The third kappa shape index (κ3) is 3.42. The molecule has 1 saturated heterocycles. The van der Waals surface area contributed by atoms with Crippen LogP contribution in [-0.2, 0) is 0 Å². The predicted molar refractivity (Wildman–Crippen MR) is 84.7 cm³/mol. The molecule has 2 aliphatic rings. The van der Waals surface area contributed by atoms with Crippen molar-refractivity contribution >= 4 is 0 Å². The standard InChI is InChI=1S/C18H28N2/c1-14-10-11-20(13-15(14)2)18(12-19-17-8-9-17)16-6-4-3-5-7-16/h3-7,14-15,17-19H,8-13H2,1-2H3. The summed E-state index contributed by atoms with van der Waals surface area (Å²) in [5.74, 6) is 1.69. The number of hydrogen-bond acceptors (Lipinski definition) is 2. The van der Waals surface area contributed by atoms with E-state index in [0.29, 0.717) is 6.04 Å². The van der Waals surface area contributed by atoms with E-state index in [9.17, 15) is 0 Å². The Labute approximate surface area is 123 Å². The number of rotatable bonds is 5. The molecule has 2 heteroatoms. The zero-order valence-corrected chi connectivity index (χ0v) is 12.9. The van der Waals surface area contributed by atoms with E-state index in [0.717, 1.165) is 24.4 Å². The Morgan fingerprint density at radius 3 is 2.50 bits per heavy atom. The summed E-state index contributed by atoms with van der Waals surface area (Å²) in [6.07, 6.45) is 4.08. The lowest BCUT2D eigenvalue weighted by Gasteiger charge is -2.40. The average molecular weight is 272 g/mol. The van der Waals surface area contributed by atoms with Gasteiger partial charge < -0.3 is 5.32 Å². The van der Waals surface area contributed by atoms with Crippen LogP contribution in [0.2, 0.25) is 0 Å². The molecule has 1 saturated carbocycles. The topological polar surface area (TPSA) is 15.3 Å². The molecule has 0 aromatic heterocycles. The van der Waals surface area contributed by atoms with Crippen LogP contribution in [0.5, 0.6) is 0 Å². The van der Waals surface area contributed by atoms with E-state index in [4.69, 9.17) is 0 Å². The first-order chi connectivity index (χ1) is 9.74. The zero-order chi connectivity index (χ0) is 13.9. The quantitative estimate of drug-likeness (QED) is 0.883. The van der Waals surface area contributed by atoms with Gasteiger partial charge in [-0.2, -0.15) is 0 Å². The van der Waals surface area contributed by atoms with Crippen LogP contribution in [0.4, 0.5) is 0 Å². The summed E-state index contributed by atoms with van der Waals surface area (Å²) in [7, 11) is 0. The fourth-order valence-corrected chi connectivity index (χ4v) is 3.28. The van der Waals surface area contributed by atoms with Crippen LogP contribution in [0.3, 0.4) is 0 Å². The minimum absolute atomic E-state index is 0.548. The highest BCUT2D eigenvalue weighted by Gasteiger charge is 2.30. The van der Waals surface area contributed by atoms with Crippen LogP contribution in [0.1, 0.15) is 44.7 Å². The lowest BCUT2D eigenvalue weighted by molar-refractivity contribution is 0.0941. The normalized spacial score (nSPS) is 29.3. The molecule has 0 amide bonds. The Bertz CT molecular complexity index is 413. The molecule has 1 aromatic rings. The number of likely N-dealkylation sites (tertiary alicyclic amines) is 1. The van der Waals surface area contributed by atoms with Gasteiger partial charge >= 0.3 is 0 Å². The SMILES string of the molecule is CC1CCN(C(CNC2CC2)c2ccccc2)CC1C. The first-order valence-corrected chi connectivity index (χ1v) is 8.26. The molecule has 1 aliphatic heterocycles. The van der Waals surface area contributed by atoms with Crippen molar-refractivity contribution in [3.63, 3.8) is 0 Å². The Hall–Kier alpha value is -0.860. The minimum Gasteiger partial charge on any atom is -0.312 e. The average Bonchev–Trinajstić information content (AvgIpc) is 3.28. The van der Waals surface area contributed by atoms with Crippen LogP contribution in [0.15, 0.2) is 30.3 Å². The van der Waals surface area contributed by atoms with Crippen LogP contribution in [0, 0.1) is 11.8 Å². The maximum absolute atomic E-state index is 3.74. The molecule has 3 rings (SSSR count). The van der Waals surface area contributed by atoms with Gasteiger partial charge in [0.2, 0.25) is 0 Å². The number of hydrogen-bond donors (Lipinski definition) is 1. The highest BCUT2D eigenvalue weighted by molar-refractivity contribution is 5.20. The molecule has 2 fully saturated rings. The molecule has 0 bridgehead atoms. The van der Waals surface area contributed by atoms with E-state index in [1.54, 1.807) is 0 Å². The summed E-state index contributed by atoms with van der Waals surface area (Å²) in [5, 5.41) is 3.74. The summed E-state index contributed by atoms with van der Waals surface area (Å²) in [6.45, 7) is 8.41. The van der Waals surface area contributed by atoms with Gasteiger partial charge in [-0.1, -0.05) is 44.2 Å². The van der Waals surface area contributed by atoms with Gasteiger partial charge in [0.05, 0.1) is 0 Å². The Kier molecular flexibility index (Phi) is 4.42. The largest absolute Gasteiger partial charge is 0.312 e. The lowest BCUT2D eigenvalue weighted by atomic mass is 9.87. The van der Waals surface area contributed by atoms with Gasteiger partial charge in [0.1, 0.15) is 0 Å². The first-order valence-electron chi connectivity index (χ1n) is 8.26. The number of nitrogens with zero attached hydrogens (tertiary/aromatic N) is 1. The van der Waals surface area contributed by atoms with E-state index >= 15 is 0 Å². The smallest absolute Gasteiger partial charge is 0.0472 e. The van der Waals surface area contributed by atoms with Crippen molar-refractivity contribution in [2.75, 3.05) is 19.6 Å². The molecule has 20 heavy (non-hydrogen) atoms. The summed E-state index contributed by atoms with van der Waals surface area (Å²) in [6, 6.07) is 12.4. The highest BCUT2D eigenvalue weighted by Crippen LogP contribution is 2.30. The lowest BCUT2D eigenvalue weighted by Crippen LogP contribution is -2.44. The Balaban J connectivity index is 1.70.